The minimum atomic E-state index is -3.66. The van der Waals surface area contributed by atoms with Gasteiger partial charge in [-0.25, -0.2) is 13.4 Å². The highest BCUT2D eigenvalue weighted by Gasteiger charge is 2.42. The molecule has 1 saturated heterocycles. The zero-order chi connectivity index (χ0) is 19.2. The molecule has 2 heterocycles. The first-order valence-corrected chi connectivity index (χ1v) is 10.9. The quantitative estimate of drug-likeness (QED) is 0.819. The molecule has 1 saturated carbocycles. The van der Waals surface area contributed by atoms with Crippen molar-refractivity contribution in [3.8, 4) is 0 Å². The fourth-order valence-electron chi connectivity index (χ4n) is 3.65. The first-order valence-electron chi connectivity index (χ1n) is 9.48. The van der Waals surface area contributed by atoms with E-state index in [1.165, 1.54) is 4.31 Å². The van der Waals surface area contributed by atoms with Crippen molar-refractivity contribution in [3.63, 3.8) is 0 Å². The van der Waals surface area contributed by atoms with Gasteiger partial charge in [-0.3, -0.25) is 9.49 Å². The number of sulfonamides is 1. The average molecular weight is 393 g/mol. The molecular weight excluding hydrogens is 367 g/mol. The maximum Gasteiger partial charge on any atom is 0.243 e. The summed E-state index contributed by atoms with van der Waals surface area (Å²) >= 11 is 0. The molecule has 0 spiro atoms. The lowest BCUT2D eigenvalue weighted by molar-refractivity contribution is 0.346. The van der Waals surface area contributed by atoms with Gasteiger partial charge in [0.2, 0.25) is 10.0 Å². The van der Waals surface area contributed by atoms with Crippen molar-refractivity contribution in [1.29, 1.82) is 0 Å². The third kappa shape index (κ3) is 3.52. The molecule has 0 bridgehead atoms. The summed E-state index contributed by atoms with van der Waals surface area (Å²) in [5.41, 5.74) is 1.09. The Hall–Kier alpha value is -1.80. The molecule has 1 aliphatic heterocycles. The Kier molecular flexibility index (Phi) is 4.80. The SMILES string of the molecule is CC(C)c1ccc(S(=O)(=O)N2C[C@@H](CF)[C@H](c3nc(C4CC4)n[nH]3)C2)cc1. The van der Waals surface area contributed by atoms with Gasteiger partial charge in [-0.2, -0.15) is 9.40 Å². The van der Waals surface area contributed by atoms with Crippen LogP contribution in [0.4, 0.5) is 4.39 Å². The number of halogens is 1. The molecule has 2 aromatic rings. The van der Waals surface area contributed by atoms with Gasteiger partial charge in [0, 0.05) is 30.8 Å². The second-order valence-corrected chi connectivity index (χ2v) is 9.86. The molecule has 27 heavy (non-hydrogen) atoms. The van der Waals surface area contributed by atoms with Gasteiger partial charge in [0.15, 0.2) is 5.82 Å². The van der Waals surface area contributed by atoms with Gasteiger partial charge in [-0.1, -0.05) is 26.0 Å². The zero-order valence-electron chi connectivity index (χ0n) is 15.6. The second-order valence-electron chi connectivity index (χ2n) is 7.92. The number of aromatic amines is 1. The Bertz CT molecular complexity index is 906. The summed E-state index contributed by atoms with van der Waals surface area (Å²) in [6, 6.07) is 6.97. The third-order valence-electron chi connectivity index (χ3n) is 5.60. The van der Waals surface area contributed by atoms with Crippen LogP contribution in [0.2, 0.25) is 0 Å². The van der Waals surface area contributed by atoms with Gasteiger partial charge in [0.25, 0.3) is 0 Å². The molecule has 0 unspecified atom stereocenters. The van der Waals surface area contributed by atoms with E-state index in [1.54, 1.807) is 12.1 Å². The Morgan fingerprint density at radius 2 is 1.93 bits per heavy atom. The summed E-state index contributed by atoms with van der Waals surface area (Å²) in [5.74, 6) is 1.41. The van der Waals surface area contributed by atoms with E-state index in [4.69, 9.17) is 0 Å². The van der Waals surface area contributed by atoms with Crippen molar-refractivity contribution in [2.75, 3.05) is 19.8 Å². The molecule has 6 nitrogen and oxygen atoms in total. The summed E-state index contributed by atoms with van der Waals surface area (Å²) in [6.07, 6.45) is 2.17. The Morgan fingerprint density at radius 3 is 2.52 bits per heavy atom. The lowest BCUT2D eigenvalue weighted by Crippen LogP contribution is -2.29. The third-order valence-corrected chi connectivity index (χ3v) is 7.45. The molecule has 1 aliphatic carbocycles. The predicted molar refractivity (Wildman–Crippen MR) is 99.9 cm³/mol. The maximum atomic E-state index is 13.6. The molecule has 146 valence electrons. The molecule has 2 fully saturated rings. The lowest BCUT2D eigenvalue weighted by Gasteiger charge is -2.17. The minimum absolute atomic E-state index is 0.162. The topological polar surface area (TPSA) is 79.0 Å². The van der Waals surface area contributed by atoms with Gasteiger partial charge in [0.1, 0.15) is 5.82 Å². The first-order chi connectivity index (χ1) is 12.9. The minimum Gasteiger partial charge on any atom is -0.263 e. The van der Waals surface area contributed by atoms with Crippen LogP contribution in [0.1, 0.15) is 61.7 Å². The fraction of sp³-hybridized carbons (Fsp3) is 0.579. The normalized spacial score (nSPS) is 24.0. The van der Waals surface area contributed by atoms with Crippen LogP contribution in [0.15, 0.2) is 29.2 Å². The van der Waals surface area contributed by atoms with Gasteiger partial charge in [-0.05, 0) is 36.5 Å². The monoisotopic (exact) mass is 392 g/mol. The molecule has 2 aliphatic rings. The van der Waals surface area contributed by atoms with E-state index in [1.807, 2.05) is 12.1 Å². The molecule has 1 N–H and O–H groups in total. The van der Waals surface area contributed by atoms with Crippen molar-refractivity contribution >= 4 is 10.0 Å². The Balaban J connectivity index is 1.56. The van der Waals surface area contributed by atoms with Crippen LogP contribution < -0.4 is 0 Å². The number of hydrogen-bond acceptors (Lipinski definition) is 4. The van der Waals surface area contributed by atoms with E-state index in [9.17, 15) is 12.8 Å². The smallest absolute Gasteiger partial charge is 0.243 e. The van der Waals surface area contributed by atoms with E-state index < -0.39 is 22.6 Å². The zero-order valence-corrected chi connectivity index (χ0v) is 16.4. The standard InChI is InChI=1S/C19H25FN4O2S/c1-12(2)13-5-7-16(8-6-13)27(25,26)24-10-15(9-20)17(11-24)19-21-18(22-23-19)14-3-4-14/h5-8,12,14-15,17H,3-4,9-11H2,1-2H3,(H,21,22,23)/t15-,17-/m1/s1. The average Bonchev–Trinajstić information content (AvgIpc) is 3.22. The number of H-pyrrole nitrogens is 1. The van der Waals surface area contributed by atoms with Gasteiger partial charge >= 0.3 is 0 Å². The van der Waals surface area contributed by atoms with E-state index >= 15 is 0 Å². The number of alkyl halides is 1. The highest BCUT2D eigenvalue weighted by Crippen LogP contribution is 2.40. The number of benzene rings is 1. The van der Waals surface area contributed by atoms with Crippen LogP contribution >= 0.6 is 0 Å². The largest absolute Gasteiger partial charge is 0.263 e. The summed E-state index contributed by atoms with van der Waals surface area (Å²) in [4.78, 5) is 4.77. The maximum absolute atomic E-state index is 13.6. The van der Waals surface area contributed by atoms with Crippen molar-refractivity contribution in [1.82, 2.24) is 19.5 Å². The van der Waals surface area contributed by atoms with Crippen molar-refractivity contribution in [2.45, 2.75) is 49.3 Å². The number of nitrogens with one attached hydrogen (secondary N) is 1. The van der Waals surface area contributed by atoms with Crippen molar-refractivity contribution in [2.24, 2.45) is 5.92 Å². The highest BCUT2D eigenvalue weighted by molar-refractivity contribution is 7.89. The van der Waals surface area contributed by atoms with Gasteiger partial charge < -0.3 is 0 Å². The molecule has 4 rings (SSSR count). The molecular formula is C19H25FN4O2S. The second kappa shape index (κ2) is 6.98. The molecule has 8 heteroatoms. The predicted octanol–water partition coefficient (Wildman–Crippen LogP) is 3.18. The van der Waals surface area contributed by atoms with Crippen LogP contribution in [0.5, 0.6) is 0 Å². The first kappa shape index (κ1) is 18.6. The Labute approximate surface area is 159 Å². The summed E-state index contributed by atoms with van der Waals surface area (Å²) in [5, 5.41) is 7.15. The van der Waals surface area contributed by atoms with Gasteiger partial charge in [0.05, 0.1) is 11.6 Å². The fourth-order valence-corrected chi connectivity index (χ4v) is 5.17. The molecule has 1 aromatic carbocycles. The summed E-state index contributed by atoms with van der Waals surface area (Å²) < 4.78 is 41.1. The number of nitrogens with zero attached hydrogens (tertiary/aromatic N) is 3. The summed E-state index contributed by atoms with van der Waals surface area (Å²) in [7, 11) is -3.66. The number of hydrogen-bond donors (Lipinski definition) is 1. The van der Waals surface area contributed by atoms with E-state index in [-0.39, 0.29) is 23.9 Å². The van der Waals surface area contributed by atoms with Crippen LogP contribution in [0, 0.1) is 5.92 Å². The highest BCUT2D eigenvalue weighted by atomic mass is 32.2. The molecule has 0 amide bonds. The lowest BCUT2D eigenvalue weighted by atomic mass is 9.97. The molecule has 2 atom stereocenters. The van der Waals surface area contributed by atoms with Crippen LogP contribution in [-0.4, -0.2) is 47.7 Å². The van der Waals surface area contributed by atoms with E-state index in [0.29, 0.717) is 17.7 Å². The van der Waals surface area contributed by atoms with Crippen LogP contribution in [-0.2, 0) is 10.0 Å². The van der Waals surface area contributed by atoms with Crippen LogP contribution in [0.3, 0.4) is 0 Å². The summed E-state index contributed by atoms with van der Waals surface area (Å²) in [6.45, 7) is 3.93. The van der Waals surface area contributed by atoms with E-state index in [2.05, 4.69) is 29.0 Å². The molecule has 0 radical (unpaired) electrons. The van der Waals surface area contributed by atoms with E-state index in [0.717, 1.165) is 24.2 Å². The number of aromatic nitrogens is 3. The molecule has 1 aromatic heterocycles. The van der Waals surface area contributed by atoms with Crippen molar-refractivity contribution < 1.29 is 12.8 Å². The van der Waals surface area contributed by atoms with Crippen LogP contribution in [0.25, 0.3) is 0 Å². The van der Waals surface area contributed by atoms with Crippen molar-refractivity contribution in [3.05, 3.63) is 41.5 Å². The Morgan fingerprint density at radius 1 is 1.22 bits per heavy atom. The number of rotatable bonds is 6. The van der Waals surface area contributed by atoms with Gasteiger partial charge in [-0.15, -0.1) is 0 Å².